The Morgan fingerprint density at radius 1 is 1.29 bits per heavy atom. The maximum Gasteiger partial charge on any atom is 0.407 e. The number of nitrogens with one attached hydrogen (secondary N) is 1. The second-order valence-corrected chi connectivity index (χ2v) is 14.6. The van der Waals surface area contributed by atoms with Gasteiger partial charge in [-0.15, -0.1) is 6.58 Å². The molecule has 0 spiro atoms. The van der Waals surface area contributed by atoms with Crippen molar-refractivity contribution in [2.75, 3.05) is 13.2 Å². The van der Waals surface area contributed by atoms with Gasteiger partial charge in [-0.1, -0.05) is 50.0 Å². The molecule has 31 heavy (non-hydrogen) atoms. The quantitative estimate of drug-likeness (QED) is 0.225. The van der Waals surface area contributed by atoms with Crippen molar-refractivity contribution in [2.24, 2.45) is 0 Å². The minimum absolute atomic E-state index is 0.275. The Hall–Kier alpha value is -1.96. The summed E-state index contributed by atoms with van der Waals surface area (Å²) in [4.78, 5) is 12.5. The van der Waals surface area contributed by atoms with E-state index in [1.165, 1.54) is 18.2 Å². The highest BCUT2D eigenvalue weighted by molar-refractivity contribution is 6.76. The van der Waals surface area contributed by atoms with Crippen LogP contribution in [0.5, 0.6) is 0 Å². The molecule has 2 atom stereocenters. The Morgan fingerprint density at radius 3 is 2.55 bits per heavy atom. The molecule has 0 saturated carbocycles. The van der Waals surface area contributed by atoms with E-state index in [4.69, 9.17) is 9.47 Å². The van der Waals surface area contributed by atoms with Gasteiger partial charge in [0.25, 0.3) is 0 Å². The third kappa shape index (κ3) is 11.9. The number of ether oxygens (including phenoxy) is 2. The number of amides is 1. The van der Waals surface area contributed by atoms with Crippen LogP contribution in [-0.2, 0) is 16.1 Å². The molecule has 7 heteroatoms. The fourth-order valence-corrected chi connectivity index (χ4v) is 3.85. The van der Waals surface area contributed by atoms with Crippen LogP contribution in [0, 0.1) is 5.82 Å². The molecule has 0 aliphatic heterocycles. The number of carbonyl (C=O) groups excluding carboxylic acids is 1. The molecule has 2 N–H and O–H groups in total. The fraction of sp³-hybridized carbons (Fsp3) is 0.542. The van der Waals surface area contributed by atoms with Crippen molar-refractivity contribution >= 4 is 14.2 Å². The molecule has 0 aliphatic rings. The highest BCUT2D eigenvalue weighted by Crippen LogP contribution is 2.23. The summed E-state index contributed by atoms with van der Waals surface area (Å²) in [5, 5.41) is 13.1. The number of carbonyl (C=O) groups is 1. The number of allylic oxidation sites excluding steroid dienone is 1. The SMILES string of the molecule is C=C[C@@H](O)C[C@](/C=C/C)(CCCOCc1ccc(F)cc1)NC(=O)OCC[Si](C)(C)C. The Balaban J connectivity index is 2.66. The molecular weight excluding hydrogens is 413 g/mol. The lowest BCUT2D eigenvalue weighted by Crippen LogP contribution is -2.49. The third-order valence-electron chi connectivity index (χ3n) is 4.86. The highest BCUT2D eigenvalue weighted by Gasteiger charge is 2.31. The van der Waals surface area contributed by atoms with E-state index in [1.54, 1.807) is 12.1 Å². The Labute approximate surface area is 187 Å². The second kappa shape index (κ2) is 13.4. The van der Waals surface area contributed by atoms with Gasteiger partial charge in [0.2, 0.25) is 0 Å². The number of rotatable bonds is 14. The number of hydrogen-bond donors (Lipinski definition) is 2. The molecule has 1 amide bonds. The van der Waals surface area contributed by atoms with Gasteiger partial charge in [-0.2, -0.15) is 0 Å². The van der Waals surface area contributed by atoms with Crippen molar-refractivity contribution in [1.29, 1.82) is 0 Å². The van der Waals surface area contributed by atoms with Crippen LogP contribution in [0.15, 0.2) is 49.1 Å². The molecule has 1 aromatic carbocycles. The van der Waals surface area contributed by atoms with Crippen LogP contribution in [0.25, 0.3) is 0 Å². The largest absolute Gasteiger partial charge is 0.450 e. The fourth-order valence-electron chi connectivity index (χ4n) is 3.13. The molecule has 0 bridgehead atoms. The summed E-state index contributed by atoms with van der Waals surface area (Å²) in [5.74, 6) is -0.275. The normalized spacial score (nSPS) is 14.8. The predicted molar refractivity (Wildman–Crippen MR) is 126 cm³/mol. The summed E-state index contributed by atoms with van der Waals surface area (Å²) < 4.78 is 24.1. The van der Waals surface area contributed by atoms with Crippen LogP contribution in [0.4, 0.5) is 9.18 Å². The lowest BCUT2D eigenvalue weighted by molar-refractivity contribution is 0.101. The molecule has 0 unspecified atom stereocenters. The van der Waals surface area contributed by atoms with Crippen molar-refractivity contribution in [3.63, 3.8) is 0 Å². The summed E-state index contributed by atoms with van der Waals surface area (Å²) in [7, 11) is -1.30. The van der Waals surface area contributed by atoms with Gasteiger partial charge in [0.05, 0.1) is 24.9 Å². The number of benzene rings is 1. The first-order chi connectivity index (χ1) is 14.6. The molecule has 1 rings (SSSR count). The molecule has 0 aromatic heterocycles. The summed E-state index contributed by atoms with van der Waals surface area (Å²) in [6.07, 6.45) is 5.47. The van der Waals surface area contributed by atoms with E-state index in [1.807, 2.05) is 19.1 Å². The van der Waals surface area contributed by atoms with Crippen LogP contribution >= 0.6 is 0 Å². The molecule has 0 heterocycles. The maximum absolute atomic E-state index is 13.0. The highest BCUT2D eigenvalue weighted by atomic mass is 28.3. The molecule has 1 aromatic rings. The minimum Gasteiger partial charge on any atom is -0.450 e. The number of aliphatic hydroxyl groups excluding tert-OH is 1. The van der Waals surface area contributed by atoms with Gasteiger partial charge < -0.3 is 19.9 Å². The third-order valence-corrected chi connectivity index (χ3v) is 6.57. The first-order valence-corrected chi connectivity index (χ1v) is 14.5. The van der Waals surface area contributed by atoms with Gasteiger partial charge in [0, 0.05) is 21.1 Å². The van der Waals surface area contributed by atoms with E-state index in [0.717, 1.165) is 11.6 Å². The zero-order chi connectivity index (χ0) is 23.3. The van der Waals surface area contributed by atoms with Crippen molar-refractivity contribution in [1.82, 2.24) is 5.32 Å². The van der Waals surface area contributed by atoms with E-state index < -0.39 is 25.8 Å². The molecule has 0 saturated heterocycles. The average molecular weight is 452 g/mol. The Morgan fingerprint density at radius 2 is 1.97 bits per heavy atom. The minimum atomic E-state index is -1.30. The van der Waals surface area contributed by atoms with Crippen molar-refractivity contribution in [3.8, 4) is 0 Å². The zero-order valence-corrected chi connectivity index (χ0v) is 20.3. The average Bonchev–Trinajstić information content (AvgIpc) is 2.68. The van der Waals surface area contributed by atoms with Crippen LogP contribution in [0.3, 0.4) is 0 Å². The standard InChI is InChI=1S/C24H38FNO4Si/c1-6-13-24(18-22(27)7-2,26-23(28)30-16-17-31(3,4)5)14-8-15-29-19-20-9-11-21(25)12-10-20/h6-7,9-13,22,27H,2,8,14-19H2,1,3-5H3,(H,26,28)/b13-6+/t22-,24+/m1/s1. The van der Waals surface area contributed by atoms with Gasteiger partial charge in [-0.3, -0.25) is 0 Å². The number of alkyl carbamates (subject to hydrolysis) is 1. The first kappa shape index (κ1) is 27.1. The lowest BCUT2D eigenvalue weighted by atomic mass is 9.86. The van der Waals surface area contributed by atoms with Gasteiger partial charge >= 0.3 is 6.09 Å². The van der Waals surface area contributed by atoms with E-state index >= 15 is 0 Å². The summed E-state index contributed by atoms with van der Waals surface area (Å²) in [6, 6.07) is 7.09. The van der Waals surface area contributed by atoms with Crippen molar-refractivity contribution < 1.29 is 23.8 Å². The van der Waals surface area contributed by atoms with Crippen LogP contribution in [0.2, 0.25) is 25.7 Å². The monoisotopic (exact) mass is 451 g/mol. The van der Waals surface area contributed by atoms with E-state index in [-0.39, 0.29) is 5.82 Å². The molecule has 0 radical (unpaired) electrons. The Kier molecular flexibility index (Phi) is 11.7. The van der Waals surface area contributed by atoms with E-state index in [9.17, 15) is 14.3 Å². The van der Waals surface area contributed by atoms with E-state index in [2.05, 4.69) is 31.5 Å². The molecule has 0 aliphatic carbocycles. The first-order valence-electron chi connectivity index (χ1n) is 10.8. The second-order valence-electron chi connectivity index (χ2n) is 9.02. The molecule has 5 nitrogen and oxygen atoms in total. The molecule has 0 fully saturated rings. The number of halogens is 1. The number of aliphatic hydroxyl groups is 1. The van der Waals surface area contributed by atoms with Crippen LogP contribution in [-0.4, -0.2) is 44.1 Å². The maximum atomic E-state index is 13.0. The Bertz CT molecular complexity index is 703. The predicted octanol–water partition coefficient (Wildman–Crippen LogP) is 5.44. The molecule has 174 valence electrons. The number of hydrogen-bond acceptors (Lipinski definition) is 4. The van der Waals surface area contributed by atoms with Gasteiger partial charge in [-0.05, 0) is 43.5 Å². The van der Waals surface area contributed by atoms with Gasteiger partial charge in [-0.25, -0.2) is 9.18 Å². The molecular formula is C24H38FNO4Si. The van der Waals surface area contributed by atoms with Gasteiger partial charge in [0.15, 0.2) is 0 Å². The van der Waals surface area contributed by atoms with E-state index in [0.29, 0.717) is 39.1 Å². The van der Waals surface area contributed by atoms with Crippen molar-refractivity contribution in [2.45, 2.75) is 70.1 Å². The lowest BCUT2D eigenvalue weighted by Gasteiger charge is -2.33. The summed E-state index contributed by atoms with van der Waals surface area (Å²) >= 11 is 0. The topological polar surface area (TPSA) is 67.8 Å². The van der Waals surface area contributed by atoms with Crippen LogP contribution in [0.1, 0.15) is 31.7 Å². The summed E-state index contributed by atoms with van der Waals surface area (Å²) in [5.41, 5.74) is 0.130. The van der Waals surface area contributed by atoms with Crippen LogP contribution < -0.4 is 5.32 Å². The van der Waals surface area contributed by atoms with Crippen molar-refractivity contribution in [3.05, 3.63) is 60.5 Å². The zero-order valence-electron chi connectivity index (χ0n) is 19.3. The van der Waals surface area contributed by atoms with Gasteiger partial charge in [0.1, 0.15) is 5.82 Å². The summed E-state index contributed by atoms with van der Waals surface area (Å²) in [6.45, 7) is 13.4. The smallest absolute Gasteiger partial charge is 0.407 e.